The maximum Gasteiger partial charge on any atom is 0.233 e. The SMILES string of the molecule is CCC(C)(C)CCn1cc(Nc2nc(Oc3cccc(N)c3)c3ccn(CO)c3n2)cn1. The predicted molar refractivity (Wildman–Crippen MR) is 125 cm³/mol. The number of aliphatic hydroxyl groups excluding tert-OH is 1. The number of ether oxygens (including phenoxy) is 1. The van der Waals surface area contributed by atoms with Crippen LogP contribution in [-0.4, -0.2) is 29.4 Å². The number of aliphatic hydroxyl groups is 1. The summed E-state index contributed by atoms with van der Waals surface area (Å²) in [4.78, 5) is 9.13. The number of fused-ring (bicyclic) bond motifs is 1. The van der Waals surface area contributed by atoms with Crippen LogP contribution in [0.4, 0.5) is 17.3 Å². The van der Waals surface area contributed by atoms with Crippen molar-refractivity contribution in [1.29, 1.82) is 0 Å². The molecular formula is C23H29N7O2. The van der Waals surface area contributed by atoms with Crippen LogP contribution < -0.4 is 15.8 Å². The fourth-order valence-electron chi connectivity index (χ4n) is 3.25. The minimum atomic E-state index is -0.206. The third kappa shape index (κ3) is 4.83. The molecule has 32 heavy (non-hydrogen) atoms. The minimum Gasteiger partial charge on any atom is -0.438 e. The van der Waals surface area contributed by atoms with Crippen LogP contribution in [0.1, 0.15) is 33.6 Å². The Morgan fingerprint density at radius 2 is 2.06 bits per heavy atom. The molecule has 3 aromatic heterocycles. The first-order valence-electron chi connectivity index (χ1n) is 10.7. The monoisotopic (exact) mass is 435 g/mol. The molecule has 4 N–H and O–H groups in total. The maximum absolute atomic E-state index is 9.68. The lowest BCUT2D eigenvalue weighted by atomic mass is 9.87. The van der Waals surface area contributed by atoms with E-state index in [9.17, 15) is 5.11 Å². The summed E-state index contributed by atoms with van der Waals surface area (Å²) in [6.07, 6.45) is 7.57. The van der Waals surface area contributed by atoms with E-state index in [-0.39, 0.29) is 12.1 Å². The fourth-order valence-corrected chi connectivity index (χ4v) is 3.25. The third-order valence-corrected chi connectivity index (χ3v) is 5.67. The molecule has 168 valence electrons. The Labute approximate surface area is 186 Å². The smallest absolute Gasteiger partial charge is 0.233 e. The van der Waals surface area contributed by atoms with Crippen LogP contribution in [0.15, 0.2) is 48.9 Å². The molecule has 0 unspecified atom stereocenters. The van der Waals surface area contributed by atoms with Crippen molar-refractivity contribution in [1.82, 2.24) is 24.3 Å². The van der Waals surface area contributed by atoms with Crippen LogP contribution in [0.25, 0.3) is 11.0 Å². The number of aromatic nitrogens is 5. The van der Waals surface area contributed by atoms with Gasteiger partial charge >= 0.3 is 0 Å². The van der Waals surface area contributed by atoms with Crippen LogP contribution in [0.5, 0.6) is 11.6 Å². The van der Waals surface area contributed by atoms with Gasteiger partial charge in [-0.3, -0.25) is 4.68 Å². The lowest BCUT2D eigenvalue weighted by Gasteiger charge is -2.22. The van der Waals surface area contributed by atoms with Crippen molar-refractivity contribution in [2.75, 3.05) is 11.1 Å². The lowest BCUT2D eigenvalue weighted by molar-refractivity contribution is 0.215. The molecular weight excluding hydrogens is 406 g/mol. The molecule has 4 rings (SSSR count). The van der Waals surface area contributed by atoms with Gasteiger partial charge in [0.05, 0.1) is 17.3 Å². The van der Waals surface area contributed by atoms with Crippen LogP contribution in [0, 0.1) is 5.41 Å². The molecule has 0 fully saturated rings. The molecule has 0 radical (unpaired) electrons. The molecule has 0 aliphatic carbocycles. The van der Waals surface area contributed by atoms with E-state index in [2.05, 4.69) is 41.2 Å². The number of nitrogen functional groups attached to an aromatic ring is 1. The van der Waals surface area contributed by atoms with E-state index in [1.807, 2.05) is 29.1 Å². The number of nitrogens with one attached hydrogen (secondary N) is 1. The molecule has 0 aliphatic rings. The van der Waals surface area contributed by atoms with Gasteiger partial charge in [-0.1, -0.05) is 33.3 Å². The Kier molecular flexibility index (Phi) is 6.00. The first-order chi connectivity index (χ1) is 15.4. The average Bonchev–Trinajstić information content (AvgIpc) is 3.39. The predicted octanol–water partition coefficient (Wildman–Crippen LogP) is 4.52. The van der Waals surface area contributed by atoms with Gasteiger partial charge in [-0.25, -0.2) is 0 Å². The second-order valence-corrected chi connectivity index (χ2v) is 8.58. The van der Waals surface area contributed by atoms with Gasteiger partial charge < -0.3 is 25.5 Å². The Hall–Kier alpha value is -3.59. The first kappa shape index (κ1) is 21.6. The zero-order valence-electron chi connectivity index (χ0n) is 18.6. The summed E-state index contributed by atoms with van der Waals surface area (Å²) in [5, 5.41) is 18.0. The molecule has 4 aromatic rings. The molecule has 3 heterocycles. The number of anilines is 3. The number of hydrogen-bond donors (Lipinski definition) is 3. The second kappa shape index (κ2) is 8.88. The van der Waals surface area contributed by atoms with Gasteiger partial charge in [0.2, 0.25) is 11.8 Å². The van der Waals surface area contributed by atoms with Gasteiger partial charge in [0, 0.05) is 30.7 Å². The van der Waals surface area contributed by atoms with Gasteiger partial charge in [0.25, 0.3) is 0 Å². The van der Waals surface area contributed by atoms with Gasteiger partial charge in [-0.15, -0.1) is 0 Å². The molecule has 0 aliphatic heterocycles. The molecule has 9 nitrogen and oxygen atoms in total. The highest BCUT2D eigenvalue weighted by Crippen LogP contribution is 2.31. The first-order valence-corrected chi connectivity index (χ1v) is 10.7. The minimum absolute atomic E-state index is 0.206. The summed E-state index contributed by atoms with van der Waals surface area (Å²) in [5.74, 6) is 1.28. The molecule has 0 saturated heterocycles. The fraction of sp³-hybridized carbons (Fsp3) is 0.348. The van der Waals surface area contributed by atoms with Crippen molar-refractivity contribution >= 4 is 28.4 Å². The number of nitrogens with zero attached hydrogens (tertiary/aromatic N) is 5. The van der Waals surface area contributed by atoms with Gasteiger partial charge in [-0.05, 0) is 30.0 Å². The van der Waals surface area contributed by atoms with Crippen LogP contribution in [0.2, 0.25) is 0 Å². The zero-order chi connectivity index (χ0) is 22.7. The summed E-state index contributed by atoms with van der Waals surface area (Å²) in [5.41, 5.74) is 8.07. The van der Waals surface area contributed by atoms with Crippen molar-refractivity contribution in [2.24, 2.45) is 5.41 Å². The van der Waals surface area contributed by atoms with E-state index < -0.39 is 0 Å². The highest BCUT2D eigenvalue weighted by molar-refractivity contribution is 5.83. The van der Waals surface area contributed by atoms with Crippen molar-refractivity contribution in [3.63, 3.8) is 0 Å². The zero-order valence-corrected chi connectivity index (χ0v) is 18.6. The molecule has 0 amide bonds. The third-order valence-electron chi connectivity index (χ3n) is 5.67. The van der Waals surface area contributed by atoms with Gasteiger partial charge in [-0.2, -0.15) is 15.1 Å². The van der Waals surface area contributed by atoms with E-state index in [4.69, 9.17) is 10.5 Å². The maximum atomic E-state index is 9.68. The standard InChI is InChI=1S/C23H29N7O2/c1-4-23(2,3)9-11-30-14-17(13-25-30)26-22-27-20-19(8-10-29(20)15-31)21(28-22)32-18-7-5-6-16(24)12-18/h5-8,10,12-14,31H,4,9,11,15,24H2,1-3H3,(H,26,27,28). The summed E-state index contributed by atoms with van der Waals surface area (Å²) >= 11 is 0. The Bertz CT molecular complexity index is 1210. The molecule has 9 heteroatoms. The molecule has 0 spiro atoms. The van der Waals surface area contributed by atoms with E-state index in [0.29, 0.717) is 34.3 Å². The topological polar surface area (TPSA) is 116 Å². The Morgan fingerprint density at radius 3 is 2.81 bits per heavy atom. The number of aryl methyl sites for hydroxylation is 1. The van der Waals surface area contributed by atoms with E-state index in [0.717, 1.165) is 25.1 Å². The van der Waals surface area contributed by atoms with Crippen molar-refractivity contribution in [3.8, 4) is 11.6 Å². The largest absolute Gasteiger partial charge is 0.438 e. The van der Waals surface area contributed by atoms with E-state index in [1.54, 1.807) is 29.1 Å². The number of rotatable bonds is 9. The Balaban J connectivity index is 1.60. The molecule has 0 saturated carbocycles. The number of hydrogen-bond acceptors (Lipinski definition) is 7. The van der Waals surface area contributed by atoms with Crippen molar-refractivity contribution in [2.45, 2.75) is 46.9 Å². The average molecular weight is 436 g/mol. The van der Waals surface area contributed by atoms with E-state index >= 15 is 0 Å². The summed E-state index contributed by atoms with van der Waals surface area (Å²) in [6.45, 7) is 7.35. The summed E-state index contributed by atoms with van der Waals surface area (Å²) < 4.78 is 9.55. The molecule has 1 aromatic carbocycles. The van der Waals surface area contributed by atoms with Crippen LogP contribution in [-0.2, 0) is 13.3 Å². The quantitative estimate of drug-likeness (QED) is 0.331. The normalized spacial score (nSPS) is 11.8. The molecule has 0 atom stereocenters. The van der Waals surface area contributed by atoms with Crippen molar-refractivity contribution in [3.05, 3.63) is 48.9 Å². The number of benzene rings is 1. The van der Waals surface area contributed by atoms with Gasteiger partial charge in [0.15, 0.2) is 5.65 Å². The lowest BCUT2D eigenvalue weighted by Crippen LogP contribution is -2.13. The van der Waals surface area contributed by atoms with Crippen LogP contribution >= 0.6 is 0 Å². The van der Waals surface area contributed by atoms with E-state index in [1.165, 1.54) is 0 Å². The summed E-state index contributed by atoms with van der Waals surface area (Å²) in [7, 11) is 0. The summed E-state index contributed by atoms with van der Waals surface area (Å²) in [6, 6.07) is 8.95. The molecule has 0 bridgehead atoms. The highest BCUT2D eigenvalue weighted by Gasteiger charge is 2.16. The highest BCUT2D eigenvalue weighted by atomic mass is 16.5. The number of nitrogens with two attached hydrogens (primary N) is 1. The van der Waals surface area contributed by atoms with Crippen molar-refractivity contribution < 1.29 is 9.84 Å². The van der Waals surface area contributed by atoms with Crippen LogP contribution in [0.3, 0.4) is 0 Å². The Morgan fingerprint density at radius 1 is 1.22 bits per heavy atom. The second-order valence-electron chi connectivity index (χ2n) is 8.58. The van der Waals surface area contributed by atoms with Gasteiger partial charge in [0.1, 0.15) is 12.5 Å².